The van der Waals surface area contributed by atoms with E-state index in [-0.39, 0.29) is 18.6 Å². The van der Waals surface area contributed by atoms with Gasteiger partial charge in [0, 0.05) is 31.5 Å². The smallest absolute Gasteiger partial charge is 0.475 e. The number of carbonyl (C=O) groups is 3. The van der Waals surface area contributed by atoms with Gasteiger partial charge in [0.1, 0.15) is 6.61 Å². The van der Waals surface area contributed by atoms with Crippen LogP contribution in [-0.2, 0) is 49.0 Å². The van der Waals surface area contributed by atoms with Gasteiger partial charge in [0.2, 0.25) is 5.60 Å². The molecular formula is C31H36F3N3O7Si. The number of benzene rings is 1. The zero-order valence-corrected chi connectivity index (χ0v) is 26.5. The van der Waals surface area contributed by atoms with Crippen LogP contribution in [-0.4, -0.2) is 53.4 Å². The highest BCUT2D eigenvalue weighted by atomic mass is 28.3. The number of hydrogen-bond acceptors (Lipinski definition) is 8. The molecule has 0 amide bonds. The van der Waals surface area contributed by atoms with Crippen molar-refractivity contribution in [1.82, 2.24) is 9.55 Å². The number of halogens is 3. The van der Waals surface area contributed by atoms with E-state index in [1.54, 1.807) is 11.5 Å². The minimum absolute atomic E-state index is 0.143. The molecule has 1 aromatic carbocycles. The number of carboxylic acids is 1. The predicted octanol–water partition coefficient (Wildman–Crippen LogP) is 4.88. The van der Waals surface area contributed by atoms with Crippen molar-refractivity contribution < 1.29 is 42.1 Å². The van der Waals surface area contributed by atoms with E-state index in [1.165, 1.54) is 18.5 Å². The van der Waals surface area contributed by atoms with Crippen molar-refractivity contribution in [2.45, 2.75) is 83.2 Å². The first-order valence-corrected chi connectivity index (χ1v) is 18.0. The van der Waals surface area contributed by atoms with Gasteiger partial charge in [0.25, 0.3) is 5.56 Å². The molecule has 0 saturated carbocycles. The molecule has 4 heterocycles. The summed E-state index contributed by atoms with van der Waals surface area (Å²) in [5, 5.41) is 8.24. The van der Waals surface area contributed by atoms with Gasteiger partial charge in [-0.05, 0) is 43.5 Å². The van der Waals surface area contributed by atoms with Crippen molar-refractivity contribution in [2.24, 2.45) is 5.73 Å². The van der Waals surface area contributed by atoms with E-state index < -0.39 is 37.8 Å². The summed E-state index contributed by atoms with van der Waals surface area (Å²) in [6.45, 7) is 8.81. The Balaban J connectivity index is 0.000000591. The molecule has 3 aromatic rings. The molecule has 2 aromatic heterocycles. The Bertz CT molecular complexity index is 1720. The number of fused-ring (bicyclic) bond motifs is 5. The van der Waals surface area contributed by atoms with Crippen molar-refractivity contribution in [2.75, 3.05) is 6.54 Å². The number of para-hydroxylation sites is 1. The second kappa shape index (κ2) is 12.8. The second-order valence-corrected chi connectivity index (χ2v) is 17.3. The lowest BCUT2D eigenvalue weighted by Crippen LogP contribution is -2.47. The molecule has 2 aliphatic rings. The summed E-state index contributed by atoms with van der Waals surface area (Å²) >= 11 is 0. The minimum Gasteiger partial charge on any atom is -0.475 e. The third-order valence-corrected chi connectivity index (χ3v) is 11.7. The van der Waals surface area contributed by atoms with Gasteiger partial charge in [-0.1, -0.05) is 50.3 Å². The average Bonchev–Trinajstić information content (AvgIpc) is 3.34. The lowest BCUT2D eigenvalue weighted by Gasteiger charge is -2.35. The van der Waals surface area contributed by atoms with Gasteiger partial charge >= 0.3 is 24.1 Å². The van der Waals surface area contributed by atoms with Crippen LogP contribution in [0.1, 0.15) is 48.9 Å². The number of aromatic nitrogens is 2. The highest BCUT2D eigenvalue weighted by Crippen LogP contribution is 2.42. The molecule has 0 radical (unpaired) electrons. The summed E-state index contributed by atoms with van der Waals surface area (Å²) in [4.78, 5) is 52.7. The summed E-state index contributed by atoms with van der Waals surface area (Å²) in [5.74, 6) is -4.01. The maximum atomic E-state index is 13.8. The van der Waals surface area contributed by atoms with E-state index in [1.807, 2.05) is 24.3 Å². The van der Waals surface area contributed by atoms with Gasteiger partial charge in [-0.25, -0.2) is 14.6 Å². The molecule has 5 rings (SSSR count). The SMILES string of the molecule is CC[C@@]1(OC(C)=O)C(=O)OCc2c1cc1n(c2=O)Cc2c-1nc1ccccc1c2CC[Si](C)(C)CCCN.O=C(O)C(F)(F)F. The highest BCUT2D eigenvalue weighted by Gasteiger charge is 2.50. The number of ether oxygens (including phenoxy) is 2. The van der Waals surface area contributed by atoms with Crippen LogP contribution in [0.15, 0.2) is 35.1 Å². The monoisotopic (exact) mass is 647 g/mol. The summed E-state index contributed by atoms with van der Waals surface area (Å²) in [6.07, 6.45) is -2.97. The summed E-state index contributed by atoms with van der Waals surface area (Å²) in [5.41, 5.74) is 9.23. The Morgan fingerprint density at radius 1 is 1.18 bits per heavy atom. The number of alkyl halides is 3. The molecule has 0 saturated heterocycles. The standard InChI is InChI=1S/C29H35N3O5Si.C2HF3O2/c1-5-29(37-18(2)33)23-15-25-26-21(16-32(25)27(34)22(23)17-36-28(29)35)19(11-14-38(3,4)13-8-12-30)20-9-6-7-10-24(20)31-26;3-2(4,5)1(6)7/h6-7,9-10,15H,5,8,11-14,16-17,30H2,1-4H3;(H,6,7)/t29-;/m0./s1. The normalized spacial score (nSPS) is 17.0. The number of nitrogens with two attached hydrogens (primary N) is 1. The molecule has 10 nitrogen and oxygen atoms in total. The number of esters is 2. The highest BCUT2D eigenvalue weighted by molar-refractivity contribution is 6.77. The van der Waals surface area contributed by atoms with Crippen LogP contribution in [0.25, 0.3) is 22.3 Å². The van der Waals surface area contributed by atoms with Gasteiger partial charge in [0.05, 0.1) is 29.0 Å². The fraction of sp³-hybridized carbons (Fsp3) is 0.452. The van der Waals surface area contributed by atoms with Gasteiger partial charge < -0.3 is 24.9 Å². The molecule has 0 unspecified atom stereocenters. The zero-order chi connectivity index (χ0) is 33.3. The second-order valence-electron chi connectivity index (χ2n) is 12.0. The quantitative estimate of drug-likeness (QED) is 0.201. The van der Waals surface area contributed by atoms with Crippen LogP contribution in [0.4, 0.5) is 13.2 Å². The maximum absolute atomic E-state index is 13.8. The molecular weight excluding hydrogens is 611 g/mol. The van der Waals surface area contributed by atoms with Crippen LogP contribution in [0, 0.1) is 0 Å². The molecule has 2 aliphatic heterocycles. The van der Waals surface area contributed by atoms with Crippen molar-refractivity contribution in [1.29, 1.82) is 0 Å². The van der Waals surface area contributed by atoms with E-state index in [0.717, 1.165) is 41.0 Å². The molecule has 14 heteroatoms. The number of cyclic esters (lactones) is 1. The lowest BCUT2D eigenvalue weighted by molar-refractivity contribution is -0.192. The molecule has 242 valence electrons. The van der Waals surface area contributed by atoms with Crippen molar-refractivity contribution >= 4 is 36.9 Å². The third kappa shape index (κ3) is 6.66. The van der Waals surface area contributed by atoms with Gasteiger partial charge in [-0.3, -0.25) is 9.59 Å². The fourth-order valence-electron chi connectivity index (χ4n) is 5.97. The summed E-state index contributed by atoms with van der Waals surface area (Å²) in [6, 6.07) is 12.2. The number of rotatable bonds is 8. The Hall–Kier alpha value is -4.04. The van der Waals surface area contributed by atoms with Gasteiger partial charge in [-0.15, -0.1) is 0 Å². The van der Waals surface area contributed by atoms with Crippen molar-refractivity contribution in [3.8, 4) is 11.4 Å². The number of pyridine rings is 2. The first-order chi connectivity index (χ1) is 21.1. The van der Waals surface area contributed by atoms with Crippen LogP contribution in [0.3, 0.4) is 0 Å². The third-order valence-electron chi connectivity index (χ3n) is 8.35. The molecule has 3 N–H and O–H groups in total. The Labute approximate surface area is 258 Å². The molecule has 1 atom stereocenters. The van der Waals surface area contributed by atoms with Crippen molar-refractivity contribution in [3.05, 3.63) is 62.9 Å². The average molecular weight is 648 g/mol. The lowest BCUT2D eigenvalue weighted by atomic mass is 9.85. The number of aliphatic carboxylic acids is 1. The van der Waals surface area contributed by atoms with Crippen LogP contribution in [0.5, 0.6) is 0 Å². The Kier molecular flexibility index (Phi) is 9.59. The largest absolute Gasteiger partial charge is 0.490 e. The van der Waals surface area contributed by atoms with Crippen LogP contribution < -0.4 is 11.3 Å². The van der Waals surface area contributed by atoms with E-state index in [0.29, 0.717) is 29.9 Å². The maximum Gasteiger partial charge on any atom is 0.490 e. The van der Waals surface area contributed by atoms with Crippen LogP contribution >= 0.6 is 0 Å². The minimum atomic E-state index is -5.08. The zero-order valence-electron chi connectivity index (χ0n) is 25.5. The number of carbonyl (C=O) groups excluding carboxylic acids is 2. The first-order valence-electron chi connectivity index (χ1n) is 14.6. The fourth-order valence-corrected chi connectivity index (χ4v) is 8.31. The number of hydrogen-bond donors (Lipinski definition) is 2. The molecule has 0 bridgehead atoms. The van der Waals surface area contributed by atoms with Crippen LogP contribution in [0.2, 0.25) is 25.2 Å². The van der Waals surface area contributed by atoms with Gasteiger partial charge in [-0.2, -0.15) is 13.2 Å². The number of aryl methyl sites for hydroxylation is 1. The van der Waals surface area contributed by atoms with E-state index >= 15 is 0 Å². The van der Waals surface area contributed by atoms with E-state index in [2.05, 4.69) is 19.2 Å². The Morgan fingerprint density at radius 3 is 2.44 bits per heavy atom. The van der Waals surface area contributed by atoms with Crippen molar-refractivity contribution in [3.63, 3.8) is 0 Å². The molecule has 0 fully saturated rings. The number of nitrogens with zero attached hydrogens (tertiary/aromatic N) is 2. The topological polar surface area (TPSA) is 151 Å². The predicted molar refractivity (Wildman–Crippen MR) is 162 cm³/mol. The summed E-state index contributed by atoms with van der Waals surface area (Å²) in [7, 11) is -1.46. The van der Waals surface area contributed by atoms with E-state index in [9.17, 15) is 27.6 Å². The number of carboxylic acid groups (broad SMARTS) is 1. The molecule has 0 spiro atoms. The summed E-state index contributed by atoms with van der Waals surface area (Å²) < 4.78 is 44.4. The molecule has 45 heavy (non-hydrogen) atoms. The molecule has 0 aliphatic carbocycles. The van der Waals surface area contributed by atoms with Gasteiger partial charge in [0.15, 0.2) is 0 Å². The van der Waals surface area contributed by atoms with E-state index in [4.69, 9.17) is 30.1 Å². The Morgan fingerprint density at radius 2 is 1.84 bits per heavy atom. The first kappa shape index (κ1) is 33.8.